The second kappa shape index (κ2) is 7.98. The van der Waals surface area contributed by atoms with Crippen LogP contribution in [0.3, 0.4) is 0 Å². The number of rotatable bonds is 6. The molecule has 1 aliphatic carbocycles. The summed E-state index contributed by atoms with van der Waals surface area (Å²) in [5.41, 5.74) is 2.25. The number of hydrogen-bond donors (Lipinski definition) is 1. The summed E-state index contributed by atoms with van der Waals surface area (Å²) in [6.07, 6.45) is 2.25. The van der Waals surface area contributed by atoms with Gasteiger partial charge in [-0.2, -0.15) is 0 Å². The molecule has 8 heteroatoms. The lowest BCUT2D eigenvalue weighted by atomic mass is 10.1. The van der Waals surface area contributed by atoms with Crippen LogP contribution in [-0.2, 0) is 20.7 Å². The Morgan fingerprint density at radius 3 is 2.79 bits per heavy atom. The molecule has 1 saturated carbocycles. The van der Waals surface area contributed by atoms with Gasteiger partial charge in [-0.05, 0) is 30.7 Å². The largest absolute Gasteiger partial charge is 0.489 e. The molecule has 2 unspecified atom stereocenters. The molecule has 1 amide bonds. The first-order chi connectivity index (χ1) is 16.6. The van der Waals surface area contributed by atoms with Gasteiger partial charge in [0, 0.05) is 35.2 Å². The summed E-state index contributed by atoms with van der Waals surface area (Å²) in [5, 5.41) is 2.76. The smallest absolute Gasteiger partial charge is 0.313 e. The molecule has 34 heavy (non-hydrogen) atoms. The number of aromatic nitrogens is 1. The fraction of sp³-hybridized carbons (Fsp3) is 0.231. The SMILES string of the molecule is O=C1CCc2c(Oc3ccc4c(c3)[C@@H]3C(O4)C3C(=O)OCC(=O)c3ccccc3)ccnc2N1. The van der Waals surface area contributed by atoms with Crippen LogP contribution in [0.4, 0.5) is 5.82 Å². The number of carbonyl (C=O) groups is 3. The van der Waals surface area contributed by atoms with E-state index in [1.807, 2.05) is 24.3 Å². The van der Waals surface area contributed by atoms with Crippen LogP contribution in [0.2, 0.25) is 0 Å². The zero-order valence-electron chi connectivity index (χ0n) is 18.0. The van der Waals surface area contributed by atoms with Crippen molar-refractivity contribution in [1.29, 1.82) is 0 Å². The highest BCUT2D eigenvalue weighted by Crippen LogP contribution is 2.59. The maximum atomic E-state index is 12.6. The molecule has 1 N–H and O–H groups in total. The molecule has 0 spiro atoms. The van der Waals surface area contributed by atoms with Crippen molar-refractivity contribution >= 4 is 23.5 Å². The minimum Gasteiger partial charge on any atom is -0.489 e. The molecule has 1 fully saturated rings. The van der Waals surface area contributed by atoms with Gasteiger partial charge in [0.05, 0.1) is 0 Å². The number of nitrogens with zero attached hydrogens (tertiary/aromatic N) is 1. The number of Topliss-reactive ketones (excluding diaryl/α,β-unsaturated/α-hetero) is 1. The number of amides is 1. The molecule has 3 atom stereocenters. The monoisotopic (exact) mass is 456 g/mol. The summed E-state index contributed by atoms with van der Waals surface area (Å²) >= 11 is 0. The van der Waals surface area contributed by atoms with Crippen LogP contribution in [-0.4, -0.2) is 35.4 Å². The Morgan fingerprint density at radius 2 is 1.94 bits per heavy atom. The summed E-state index contributed by atoms with van der Waals surface area (Å²) in [6, 6.07) is 16.0. The van der Waals surface area contributed by atoms with Gasteiger partial charge in [-0.3, -0.25) is 14.4 Å². The Hall–Kier alpha value is -4.20. The van der Waals surface area contributed by atoms with Crippen LogP contribution >= 0.6 is 0 Å². The minimum atomic E-state index is -0.435. The van der Waals surface area contributed by atoms with Crippen molar-refractivity contribution in [2.75, 3.05) is 11.9 Å². The number of fused-ring (bicyclic) bond motifs is 4. The van der Waals surface area contributed by atoms with Crippen LogP contribution in [0.5, 0.6) is 17.2 Å². The molecule has 1 aromatic heterocycles. The van der Waals surface area contributed by atoms with Crippen molar-refractivity contribution in [2.24, 2.45) is 5.92 Å². The fourth-order valence-electron chi connectivity index (χ4n) is 4.61. The summed E-state index contributed by atoms with van der Waals surface area (Å²) in [6.45, 7) is -0.293. The third-order valence-electron chi connectivity index (χ3n) is 6.37. The number of nitrogens with one attached hydrogen (secondary N) is 1. The van der Waals surface area contributed by atoms with E-state index in [1.165, 1.54) is 0 Å². The van der Waals surface area contributed by atoms with Crippen LogP contribution < -0.4 is 14.8 Å². The van der Waals surface area contributed by atoms with Crippen molar-refractivity contribution in [3.05, 3.63) is 77.5 Å². The zero-order chi connectivity index (χ0) is 23.2. The molecule has 3 aliphatic rings. The molecule has 6 rings (SSSR count). The van der Waals surface area contributed by atoms with Gasteiger partial charge in [-0.25, -0.2) is 4.98 Å². The van der Waals surface area contributed by atoms with E-state index in [0.717, 1.165) is 16.9 Å². The van der Waals surface area contributed by atoms with E-state index in [9.17, 15) is 14.4 Å². The van der Waals surface area contributed by atoms with E-state index in [2.05, 4.69) is 10.3 Å². The highest BCUT2D eigenvalue weighted by Gasteiger charge is 2.63. The lowest BCUT2D eigenvalue weighted by molar-refractivity contribution is -0.144. The maximum absolute atomic E-state index is 12.6. The average Bonchev–Trinajstić information content (AvgIpc) is 3.45. The van der Waals surface area contributed by atoms with Gasteiger partial charge < -0.3 is 19.5 Å². The summed E-state index contributed by atoms with van der Waals surface area (Å²) in [5.74, 6) is 1.18. The molecule has 0 radical (unpaired) electrons. The second-order valence-electron chi connectivity index (χ2n) is 8.52. The Balaban J connectivity index is 1.14. The number of ether oxygens (including phenoxy) is 3. The Morgan fingerprint density at radius 1 is 1.09 bits per heavy atom. The Labute approximate surface area is 194 Å². The highest BCUT2D eigenvalue weighted by molar-refractivity contribution is 5.98. The molecule has 3 heterocycles. The third kappa shape index (κ3) is 3.57. The van der Waals surface area contributed by atoms with Gasteiger partial charge in [0.25, 0.3) is 0 Å². The summed E-state index contributed by atoms with van der Waals surface area (Å²) < 4.78 is 17.3. The number of carbonyl (C=O) groups excluding carboxylic acids is 3. The predicted octanol–water partition coefficient (Wildman–Crippen LogP) is 3.66. The molecule has 2 aromatic carbocycles. The van der Waals surface area contributed by atoms with Gasteiger partial charge in [-0.15, -0.1) is 0 Å². The van der Waals surface area contributed by atoms with Gasteiger partial charge in [0.1, 0.15) is 35.1 Å². The maximum Gasteiger partial charge on any atom is 0.313 e. The molecule has 8 nitrogen and oxygen atoms in total. The van der Waals surface area contributed by atoms with Gasteiger partial charge in [-0.1, -0.05) is 30.3 Å². The van der Waals surface area contributed by atoms with Crippen molar-refractivity contribution in [3.8, 4) is 17.2 Å². The highest BCUT2D eigenvalue weighted by atomic mass is 16.5. The number of anilines is 1. The molecule has 2 aliphatic heterocycles. The zero-order valence-corrected chi connectivity index (χ0v) is 18.0. The first-order valence-corrected chi connectivity index (χ1v) is 11.1. The summed E-state index contributed by atoms with van der Waals surface area (Å²) in [4.78, 5) is 40.7. The minimum absolute atomic E-state index is 0.0602. The van der Waals surface area contributed by atoms with E-state index < -0.39 is 11.9 Å². The van der Waals surface area contributed by atoms with Crippen LogP contribution in [0, 0.1) is 5.92 Å². The third-order valence-corrected chi connectivity index (χ3v) is 6.37. The van der Waals surface area contributed by atoms with Crippen molar-refractivity contribution < 1.29 is 28.6 Å². The standard InChI is InChI=1S/C26H20N2O6/c29-18(14-4-2-1-3-5-14)13-32-26(31)23-22-17-12-15(6-8-19(17)34-24(22)23)33-20-10-11-27-25-16(20)7-9-21(30)28-25/h1-6,8,10-12,22-24H,7,9,13H2,(H,27,28,30)/t22-,23?,24?/m0/s1. The fourth-order valence-corrected chi connectivity index (χ4v) is 4.61. The topological polar surface area (TPSA) is 104 Å². The number of esters is 1. The van der Waals surface area contributed by atoms with Crippen molar-refractivity contribution in [1.82, 2.24) is 4.98 Å². The molecular formula is C26H20N2O6. The number of hydrogen-bond acceptors (Lipinski definition) is 7. The number of benzene rings is 2. The van der Waals surface area contributed by atoms with E-state index >= 15 is 0 Å². The Bertz CT molecular complexity index is 1320. The van der Waals surface area contributed by atoms with Crippen LogP contribution in [0.15, 0.2) is 60.8 Å². The van der Waals surface area contributed by atoms with E-state index in [4.69, 9.17) is 14.2 Å². The van der Waals surface area contributed by atoms with Crippen molar-refractivity contribution in [3.63, 3.8) is 0 Å². The van der Waals surface area contributed by atoms with E-state index in [0.29, 0.717) is 35.7 Å². The predicted molar refractivity (Wildman–Crippen MR) is 120 cm³/mol. The quantitative estimate of drug-likeness (QED) is 0.446. The molecule has 0 saturated heterocycles. The molecule has 0 bridgehead atoms. The lowest BCUT2D eigenvalue weighted by Gasteiger charge is -2.19. The number of ketones is 1. The second-order valence-corrected chi connectivity index (χ2v) is 8.52. The van der Waals surface area contributed by atoms with Gasteiger partial charge in [0.15, 0.2) is 12.4 Å². The van der Waals surface area contributed by atoms with E-state index in [-0.39, 0.29) is 30.3 Å². The van der Waals surface area contributed by atoms with Crippen molar-refractivity contribution in [2.45, 2.75) is 24.9 Å². The lowest BCUT2D eigenvalue weighted by Crippen LogP contribution is -2.20. The normalized spacial score (nSPS) is 21.3. The summed E-state index contributed by atoms with van der Waals surface area (Å²) in [7, 11) is 0. The van der Waals surface area contributed by atoms with Gasteiger partial charge in [0.2, 0.25) is 5.91 Å². The van der Waals surface area contributed by atoms with Crippen LogP contribution in [0.1, 0.15) is 33.8 Å². The van der Waals surface area contributed by atoms with Crippen LogP contribution in [0.25, 0.3) is 0 Å². The average molecular weight is 456 g/mol. The first-order valence-electron chi connectivity index (χ1n) is 11.1. The number of pyridine rings is 1. The molecule has 3 aromatic rings. The first kappa shape index (κ1) is 20.4. The Kier molecular flexibility index (Phi) is 4.79. The molecular weight excluding hydrogens is 436 g/mol. The van der Waals surface area contributed by atoms with Gasteiger partial charge >= 0.3 is 5.97 Å². The van der Waals surface area contributed by atoms with E-state index in [1.54, 1.807) is 36.5 Å². The molecule has 170 valence electrons.